The molecule has 3 fully saturated rings. The molecule has 2 saturated carbocycles. The Hall–Kier alpha value is -2.44. The highest BCUT2D eigenvalue weighted by Gasteiger charge is 2.31. The summed E-state index contributed by atoms with van der Waals surface area (Å²) < 4.78 is 5.56. The van der Waals surface area contributed by atoms with E-state index in [1.165, 1.54) is 19.3 Å². The van der Waals surface area contributed by atoms with Crippen LogP contribution in [0.4, 0.5) is 5.82 Å². The molecule has 0 unspecified atom stereocenters. The second kappa shape index (κ2) is 8.13. The van der Waals surface area contributed by atoms with E-state index in [2.05, 4.69) is 24.9 Å². The highest BCUT2D eigenvalue weighted by Crippen LogP contribution is 2.39. The third-order valence-corrected chi connectivity index (χ3v) is 6.46. The van der Waals surface area contributed by atoms with Crippen LogP contribution in [0.5, 0.6) is 0 Å². The van der Waals surface area contributed by atoms with Crippen molar-refractivity contribution in [3.05, 3.63) is 24.2 Å². The highest BCUT2D eigenvalue weighted by molar-refractivity contribution is 5.79. The molecule has 2 aromatic rings. The second-order valence-corrected chi connectivity index (χ2v) is 8.61. The quantitative estimate of drug-likeness (QED) is 0.787. The van der Waals surface area contributed by atoms with Crippen molar-refractivity contribution in [2.24, 2.45) is 5.92 Å². The lowest BCUT2D eigenvalue weighted by Crippen LogP contribution is -2.39. The maximum atomic E-state index is 13.0. The first-order chi connectivity index (χ1) is 14.3. The Balaban J connectivity index is 1.30. The minimum absolute atomic E-state index is 0.236. The first-order valence-corrected chi connectivity index (χ1v) is 11.1. The summed E-state index contributed by atoms with van der Waals surface area (Å²) in [6, 6.07) is 3.92. The monoisotopic (exact) mass is 395 g/mol. The van der Waals surface area contributed by atoms with Crippen molar-refractivity contribution >= 4 is 11.7 Å². The van der Waals surface area contributed by atoms with E-state index in [4.69, 9.17) is 4.52 Å². The zero-order chi connectivity index (χ0) is 19.6. The molecule has 2 aliphatic carbocycles. The van der Waals surface area contributed by atoms with Crippen LogP contribution in [-0.4, -0.2) is 52.1 Å². The van der Waals surface area contributed by atoms with Crippen LogP contribution < -0.4 is 4.90 Å². The molecule has 1 saturated heterocycles. The number of pyridine rings is 1. The number of carbonyl (C=O) groups is 1. The first-order valence-electron chi connectivity index (χ1n) is 11.1. The van der Waals surface area contributed by atoms with Gasteiger partial charge < -0.3 is 14.3 Å². The van der Waals surface area contributed by atoms with E-state index in [9.17, 15) is 4.79 Å². The van der Waals surface area contributed by atoms with Crippen LogP contribution in [0.2, 0.25) is 0 Å². The summed E-state index contributed by atoms with van der Waals surface area (Å²) in [5.41, 5.74) is 0.888. The highest BCUT2D eigenvalue weighted by atomic mass is 16.5. The zero-order valence-electron chi connectivity index (χ0n) is 16.9. The molecule has 2 aromatic heterocycles. The molecule has 3 heterocycles. The van der Waals surface area contributed by atoms with Gasteiger partial charge in [-0.3, -0.25) is 4.79 Å². The lowest BCUT2D eigenvalue weighted by molar-refractivity contribution is -0.136. The standard InChI is InChI=1S/C22H29N5O2/c28-22(17-6-2-1-3-7-17)27-13-5-12-26(14-15-27)20-18(8-4-11-23-20)21-24-19(25-29-21)16-9-10-16/h4,8,11,16-17H,1-3,5-7,9-10,12-15H2. The Morgan fingerprint density at radius 3 is 2.69 bits per heavy atom. The van der Waals surface area contributed by atoms with E-state index in [0.717, 1.165) is 75.5 Å². The molecule has 1 aliphatic heterocycles. The van der Waals surface area contributed by atoms with E-state index in [0.29, 0.717) is 17.7 Å². The number of amides is 1. The van der Waals surface area contributed by atoms with Crippen LogP contribution in [0, 0.1) is 5.92 Å². The van der Waals surface area contributed by atoms with Gasteiger partial charge in [0, 0.05) is 44.2 Å². The van der Waals surface area contributed by atoms with Gasteiger partial charge in [-0.2, -0.15) is 4.98 Å². The van der Waals surface area contributed by atoms with Crippen molar-refractivity contribution in [3.63, 3.8) is 0 Å². The molecule has 0 bridgehead atoms. The van der Waals surface area contributed by atoms with Gasteiger partial charge in [-0.15, -0.1) is 0 Å². The van der Waals surface area contributed by atoms with E-state index < -0.39 is 0 Å². The molecule has 1 amide bonds. The SMILES string of the molecule is O=C(C1CCCCC1)N1CCCN(c2ncccc2-c2nc(C3CC3)no2)CC1. The molecule has 0 radical (unpaired) electrons. The van der Waals surface area contributed by atoms with Gasteiger partial charge >= 0.3 is 0 Å². The normalized spacial score (nSPS) is 21.2. The predicted octanol–water partition coefficient (Wildman–Crippen LogP) is 3.63. The predicted molar refractivity (Wildman–Crippen MR) is 109 cm³/mol. The van der Waals surface area contributed by atoms with Crippen molar-refractivity contribution < 1.29 is 9.32 Å². The number of aromatic nitrogens is 3. The molecule has 3 aliphatic rings. The van der Waals surface area contributed by atoms with Crippen LogP contribution in [0.15, 0.2) is 22.9 Å². The summed E-state index contributed by atoms with van der Waals surface area (Å²) in [5.74, 6) is 3.30. The Labute approximate surface area is 171 Å². The second-order valence-electron chi connectivity index (χ2n) is 8.61. The molecular weight excluding hydrogens is 366 g/mol. The van der Waals surface area contributed by atoms with E-state index >= 15 is 0 Å². The molecule has 0 N–H and O–H groups in total. The van der Waals surface area contributed by atoms with Crippen LogP contribution in [0.25, 0.3) is 11.5 Å². The lowest BCUT2D eigenvalue weighted by Gasteiger charge is -2.28. The molecule has 5 rings (SSSR count). The Morgan fingerprint density at radius 2 is 1.86 bits per heavy atom. The average molecular weight is 396 g/mol. The fourth-order valence-corrected chi connectivity index (χ4v) is 4.62. The van der Waals surface area contributed by atoms with Crippen LogP contribution >= 0.6 is 0 Å². The Morgan fingerprint density at radius 1 is 1.00 bits per heavy atom. The van der Waals surface area contributed by atoms with Crippen molar-refractivity contribution in [1.82, 2.24) is 20.0 Å². The van der Waals surface area contributed by atoms with E-state index in [-0.39, 0.29) is 5.92 Å². The van der Waals surface area contributed by atoms with Crippen LogP contribution in [0.3, 0.4) is 0 Å². The van der Waals surface area contributed by atoms with Gasteiger partial charge in [0.2, 0.25) is 5.91 Å². The van der Waals surface area contributed by atoms with Gasteiger partial charge in [-0.1, -0.05) is 24.4 Å². The van der Waals surface area contributed by atoms with Gasteiger partial charge in [0.1, 0.15) is 5.82 Å². The van der Waals surface area contributed by atoms with E-state index in [1.54, 1.807) is 0 Å². The zero-order valence-corrected chi connectivity index (χ0v) is 16.9. The molecule has 0 aromatic carbocycles. The molecule has 7 nitrogen and oxygen atoms in total. The minimum atomic E-state index is 0.236. The maximum absolute atomic E-state index is 13.0. The van der Waals surface area contributed by atoms with Crippen molar-refractivity contribution in [2.45, 2.75) is 57.3 Å². The van der Waals surface area contributed by atoms with Gasteiger partial charge in [0.25, 0.3) is 5.89 Å². The summed E-state index contributed by atoms with van der Waals surface area (Å²) in [7, 11) is 0. The average Bonchev–Trinajstić information content (AvgIpc) is 3.56. The maximum Gasteiger partial charge on any atom is 0.261 e. The van der Waals surface area contributed by atoms with Gasteiger partial charge in [0.15, 0.2) is 5.82 Å². The lowest BCUT2D eigenvalue weighted by atomic mass is 9.88. The van der Waals surface area contributed by atoms with Gasteiger partial charge in [-0.25, -0.2) is 4.98 Å². The number of nitrogens with zero attached hydrogens (tertiary/aromatic N) is 5. The number of carbonyl (C=O) groups excluding carboxylic acids is 1. The molecular formula is C22H29N5O2. The van der Waals surface area contributed by atoms with Crippen molar-refractivity contribution in [3.8, 4) is 11.5 Å². The Bertz CT molecular complexity index is 856. The Kier molecular flexibility index (Phi) is 5.21. The third-order valence-electron chi connectivity index (χ3n) is 6.46. The first kappa shape index (κ1) is 18.6. The smallest absolute Gasteiger partial charge is 0.261 e. The minimum Gasteiger partial charge on any atom is -0.354 e. The molecule has 154 valence electrons. The molecule has 0 spiro atoms. The van der Waals surface area contributed by atoms with Crippen molar-refractivity contribution in [1.29, 1.82) is 0 Å². The number of anilines is 1. The van der Waals surface area contributed by atoms with Crippen LogP contribution in [0.1, 0.15) is 63.1 Å². The number of hydrogen-bond acceptors (Lipinski definition) is 6. The summed E-state index contributed by atoms with van der Waals surface area (Å²) in [6.45, 7) is 3.25. The molecule has 0 atom stereocenters. The van der Waals surface area contributed by atoms with Gasteiger partial charge in [-0.05, 0) is 44.2 Å². The van der Waals surface area contributed by atoms with Gasteiger partial charge in [0.05, 0.1) is 5.56 Å². The topological polar surface area (TPSA) is 75.4 Å². The number of hydrogen-bond donors (Lipinski definition) is 0. The largest absolute Gasteiger partial charge is 0.354 e. The van der Waals surface area contributed by atoms with Crippen LogP contribution in [-0.2, 0) is 4.79 Å². The molecule has 7 heteroatoms. The fourth-order valence-electron chi connectivity index (χ4n) is 4.62. The van der Waals surface area contributed by atoms with Crippen molar-refractivity contribution in [2.75, 3.05) is 31.1 Å². The fraction of sp³-hybridized carbons (Fsp3) is 0.636. The number of rotatable bonds is 4. The van der Waals surface area contributed by atoms with E-state index in [1.807, 2.05) is 18.3 Å². The third kappa shape index (κ3) is 4.00. The summed E-state index contributed by atoms with van der Waals surface area (Å²) in [6.07, 6.45) is 10.8. The summed E-state index contributed by atoms with van der Waals surface area (Å²) >= 11 is 0. The molecule has 29 heavy (non-hydrogen) atoms. The summed E-state index contributed by atoms with van der Waals surface area (Å²) in [4.78, 5) is 26.6. The summed E-state index contributed by atoms with van der Waals surface area (Å²) in [5, 5.41) is 4.16.